The zero-order chi connectivity index (χ0) is 6.81. The Morgan fingerprint density at radius 1 is 1.60 bits per heavy atom. The van der Waals surface area contributed by atoms with Gasteiger partial charge in [0.2, 0.25) is 0 Å². The van der Waals surface area contributed by atoms with Crippen LogP contribution >= 0.6 is 11.5 Å². The van der Waals surface area contributed by atoms with Gasteiger partial charge in [0, 0.05) is 11.5 Å². The van der Waals surface area contributed by atoms with Crippen LogP contribution < -0.4 is 5.32 Å². The van der Waals surface area contributed by atoms with Crippen molar-refractivity contribution in [1.82, 2.24) is 20.1 Å². The molecule has 4 nitrogen and oxygen atoms in total. The predicted molar refractivity (Wildman–Crippen MR) is 37.7 cm³/mol. The third-order valence-electron chi connectivity index (χ3n) is 1.67. The molecule has 5 heteroatoms. The quantitative estimate of drug-likeness (QED) is 0.637. The predicted octanol–water partition coefficient (Wildman–Crippen LogP) is 0.358. The number of rotatable bonds is 1. The second kappa shape index (κ2) is 2.59. The Hall–Kier alpha value is -0.550. The first kappa shape index (κ1) is 6.18. The fraction of sp³-hybridized carbons (Fsp3) is 0.800. The maximum Gasteiger partial charge on any atom is 0.154 e. The highest BCUT2D eigenvalue weighted by Crippen LogP contribution is 2.21. The second-order valence-electron chi connectivity index (χ2n) is 2.35. The molecule has 0 aliphatic carbocycles. The lowest BCUT2D eigenvalue weighted by atomic mass is 10.2. The molecule has 1 atom stereocenters. The van der Waals surface area contributed by atoms with Crippen LogP contribution in [0.3, 0.4) is 0 Å². The third-order valence-corrected chi connectivity index (χ3v) is 2.38. The Morgan fingerprint density at radius 3 is 3.20 bits per heavy atom. The van der Waals surface area contributed by atoms with Crippen LogP contribution in [0.4, 0.5) is 0 Å². The molecule has 1 N–H and O–H groups in total. The van der Waals surface area contributed by atoms with Gasteiger partial charge in [-0.3, -0.25) is 0 Å². The first-order valence-electron chi connectivity index (χ1n) is 3.35. The fourth-order valence-electron chi connectivity index (χ4n) is 1.17. The summed E-state index contributed by atoms with van der Waals surface area (Å²) < 4.78 is 3.71. The van der Waals surface area contributed by atoms with Crippen molar-refractivity contribution in [2.45, 2.75) is 18.9 Å². The van der Waals surface area contributed by atoms with Crippen molar-refractivity contribution >= 4 is 11.5 Å². The van der Waals surface area contributed by atoms with E-state index in [-0.39, 0.29) is 0 Å². The minimum atomic E-state index is 0.431. The average molecular weight is 156 g/mol. The Bertz CT molecular complexity index is 191. The van der Waals surface area contributed by atoms with Gasteiger partial charge in [-0.15, -0.1) is 5.10 Å². The Morgan fingerprint density at radius 2 is 2.60 bits per heavy atom. The van der Waals surface area contributed by atoms with E-state index in [1.165, 1.54) is 24.4 Å². The molecule has 0 spiro atoms. The van der Waals surface area contributed by atoms with E-state index in [9.17, 15) is 0 Å². The molecule has 0 bridgehead atoms. The number of nitrogens with one attached hydrogen (secondary N) is 1. The smallest absolute Gasteiger partial charge is 0.154 e. The van der Waals surface area contributed by atoms with Gasteiger partial charge in [0.1, 0.15) is 0 Å². The maximum atomic E-state index is 3.89. The van der Waals surface area contributed by atoms with E-state index >= 15 is 0 Å². The van der Waals surface area contributed by atoms with Crippen LogP contribution in [0.5, 0.6) is 0 Å². The van der Waals surface area contributed by atoms with Gasteiger partial charge in [-0.1, -0.05) is 4.49 Å². The van der Waals surface area contributed by atoms with Crippen molar-refractivity contribution < 1.29 is 0 Å². The molecular formula is C5H8N4S. The summed E-state index contributed by atoms with van der Waals surface area (Å²) in [4.78, 5) is 0. The first-order chi connectivity index (χ1) is 4.97. The lowest BCUT2D eigenvalue weighted by Gasteiger charge is -2.01. The third kappa shape index (κ3) is 1.02. The van der Waals surface area contributed by atoms with Crippen molar-refractivity contribution in [3.8, 4) is 0 Å². The van der Waals surface area contributed by atoms with E-state index < -0.39 is 0 Å². The molecule has 1 aromatic heterocycles. The molecule has 0 saturated carbocycles. The number of hydrogen-bond acceptors (Lipinski definition) is 5. The zero-order valence-electron chi connectivity index (χ0n) is 5.45. The van der Waals surface area contributed by atoms with Crippen molar-refractivity contribution in [1.29, 1.82) is 0 Å². The normalized spacial score (nSPS) is 25.4. The van der Waals surface area contributed by atoms with Crippen LogP contribution in [0.2, 0.25) is 0 Å². The Balaban J connectivity index is 2.12. The van der Waals surface area contributed by atoms with E-state index in [0.717, 1.165) is 11.6 Å². The largest absolute Gasteiger partial charge is 0.308 e. The average Bonchev–Trinajstić information content (AvgIpc) is 2.59. The van der Waals surface area contributed by atoms with Gasteiger partial charge in [0.05, 0.1) is 6.04 Å². The van der Waals surface area contributed by atoms with E-state index in [1.807, 2.05) is 0 Å². The van der Waals surface area contributed by atoms with Crippen LogP contribution in [-0.2, 0) is 0 Å². The topological polar surface area (TPSA) is 50.7 Å². The molecule has 1 aliphatic heterocycles. The zero-order valence-corrected chi connectivity index (χ0v) is 6.27. The summed E-state index contributed by atoms with van der Waals surface area (Å²) >= 11 is 1.39. The Labute approximate surface area is 62.8 Å². The van der Waals surface area contributed by atoms with Gasteiger partial charge in [-0.25, -0.2) is 0 Å². The molecule has 0 radical (unpaired) electrons. The van der Waals surface area contributed by atoms with Gasteiger partial charge in [0.25, 0.3) is 0 Å². The summed E-state index contributed by atoms with van der Waals surface area (Å²) in [6.45, 7) is 1.10. The molecule has 0 aromatic carbocycles. The fourth-order valence-corrected chi connectivity index (χ4v) is 1.73. The highest BCUT2D eigenvalue weighted by Gasteiger charge is 2.18. The van der Waals surface area contributed by atoms with Crippen LogP contribution in [-0.4, -0.2) is 21.3 Å². The lowest BCUT2D eigenvalue weighted by molar-refractivity contribution is 0.633. The van der Waals surface area contributed by atoms with Crippen LogP contribution in [0.25, 0.3) is 0 Å². The summed E-state index contributed by atoms with van der Waals surface area (Å²) in [5, 5.41) is 11.8. The molecule has 54 valence electrons. The molecule has 10 heavy (non-hydrogen) atoms. The summed E-state index contributed by atoms with van der Waals surface area (Å²) in [6, 6.07) is 0.431. The van der Waals surface area contributed by atoms with Crippen molar-refractivity contribution in [3.05, 3.63) is 5.01 Å². The van der Waals surface area contributed by atoms with Crippen LogP contribution in [0.15, 0.2) is 0 Å². The van der Waals surface area contributed by atoms with Gasteiger partial charge < -0.3 is 5.32 Å². The molecule has 2 rings (SSSR count). The monoisotopic (exact) mass is 156 g/mol. The summed E-state index contributed by atoms with van der Waals surface area (Å²) in [6.07, 6.45) is 2.42. The van der Waals surface area contributed by atoms with E-state index in [2.05, 4.69) is 20.1 Å². The number of aromatic nitrogens is 3. The van der Waals surface area contributed by atoms with Gasteiger partial charge >= 0.3 is 0 Å². The van der Waals surface area contributed by atoms with Gasteiger partial charge in [0.15, 0.2) is 5.01 Å². The standard InChI is InChI=1S/C5H8N4S/c1-2-4(6-3-1)5-7-8-9-10-5/h4,6H,1-3H2. The summed E-state index contributed by atoms with van der Waals surface area (Å²) in [5.41, 5.74) is 0. The molecule has 1 fully saturated rings. The van der Waals surface area contributed by atoms with Gasteiger partial charge in [-0.05, 0) is 24.6 Å². The summed E-state index contributed by atoms with van der Waals surface area (Å²) in [5.74, 6) is 0. The van der Waals surface area contributed by atoms with Crippen molar-refractivity contribution in [2.24, 2.45) is 0 Å². The molecule has 2 heterocycles. The lowest BCUT2D eigenvalue weighted by Crippen LogP contribution is -2.12. The Kier molecular flexibility index (Phi) is 1.60. The molecule has 0 amide bonds. The minimum absolute atomic E-state index is 0.431. The SMILES string of the molecule is C1CNC(c2nnns2)C1. The van der Waals surface area contributed by atoms with E-state index in [1.54, 1.807) is 0 Å². The number of hydrogen-bond donors (Lipinski definition) is 1. The van der Waals surface area contributed by atoms with Crippen LogP contribution in [0.1, 0.15) is 23.9 Å². The van der Waals surface area contributed by atoms with Gasteiger partial charge in [-0.2, -0.15) is 0 Å². The number of nitrogens with zero attached hydrogens (tertiary/aromatic N) is 3. The summed E-state index contributed by atoms with van der Waals surface area (Å²) in [7, 11) is 0. The van der Waals surface area contributed by atoms with Crippen molar-refractivity contribution in [3.63, 3.8) is 0 Å². The van der Waals surface area contributed by atoms with E-state index in [0.29, 0.717) is 6.04 Å². The van der Waals surface area contributed by atoms with E-state index in [4.69, 9.17) is 0 Å². The highest BCUT2D eigenvalue weighted by molar-refractivity contribution is 7.05. The van der Waals surface area contributed by atoms with Crippen LogP contribution in [0, 0.1) is 0 Å². The highest BCUT2D eigenvalue weighted by atomic mass is 32.1. The molecule has 1 aliphatic rings. The molecule has 1 aromatic rings. The minimum Gasteiger partial charge on any atom is -0.308 e. The maximum absolute atomic E-state index is 3.89. The molecule has 1 unspecified atom stereocenters. The van der Waals surface area contributed by atoms with Crippen molar-refractivity contribution in [2.75, 3.05) is 6.54 Å². The molecule has 1 saturated heterocycles. The first-order valence-corrected chi connectivity index (χ1v) is 4.12. The second-order valence-corrected chi connectivity index (χ2v) is 3.11. The molecular weight excluding hydrogens is 148 g/mol.